The number of aromatic amines is 1. The molecule has 3 aromatic rings. The number of anilines is 1. The van der Waals surface area contributed by atoms with Gasteiger partial charge in [-0.2, -0.15) is 5.10 Å². The van der Waals surface area contributed by atoms with Gasteiger partial charge in [0.1, 0.15) is 5.75 Å². The number of fused-ring (bicyclic) bond motifs is 1. The Morgan fingerprint density at radius 1 is 1.25 bits per heavy atom. The van der Waals surface area contributed by atoms with Gasteiger partial charge in [-0.15, -0.1) is 0 Å². The second-order valence-corrected chi connectivity index (χ2v) is 4.57. The number of benzene rings is 2. The maximum Gasteiger partial charge on any atom is 0.276 e. The van der Waals surface area contributed by atoms with Crippen molar-refractivity contribution in [1.29, 1.82) is 0 Å². The molecular weight excluding hydrogens is 254 g/mol. The molecule has 0 aliphatic heterocycles. The zero-order valence-electron chi connectivity index (χ0n) is 10.8. The van der Waals surface area contributed by atoms with E-state index in [0.29, 0.717) is 11.4 Å². The molecule has 5 nitrogen and oxygen atoms in total. The highest BCUT2D eigenvalue weighted by Gasteiger charge is 2.14. The summed E-state index contributed by atoms with van der Waals surface area (Å²) >= 11 is 0. The highest BCUT2D eigenvalue weighted by molar-refractivity contribution is 6.11. The Morgan fingerprint density at radius 2 is 2.05 bits per heavy atom. The lowest BCUT2D eigenvalue weighted by molar-refractivity contribution is 0.102. The smallest absolute Gasteiger partial charge is 0.276 e. The Kier molecular flexibility index (Phi) is 2.87. The average molecular weight is 267 g/mol. The Bertz CT molecular complexity index is 793. The largest absolute Gasteiger partial charge is 0.508 e. The van der Waals surface area contributed by atoms with Crippen LogP contribution in [0.2, 0.25) is 0 Å². The van der Waals surface area contributed by atoms with E-state index in [1.54, 1.807) is 12.1 Å². The number of phenols is 1. The first-order chi connectivity index (χ1) is 9.65. The zero-order valence-corrected chi connectivity index (χ0v) is 10.8. The summed E-state index contributed by atoms with van der Waals surface area (Å²) in [4.78, 5) is 12.3. The highest BCUT2D eigenvalue weighted by atomic mass is 16.3. The first-order valence-corrected chi connectivity index (χ1v) is 6.19. The number of nitrogens with zero attached hydrogens (tertiary/aromatic N) is 1. The van der Waals surface area contributed by atoms with Crippen molar-refractivity contribution in [1.82, 2.24) is 10.2 Å². The fourth-order valence-electron chi connectivity index (χ4n) is 2.11. The van der Waals surface area contributed by atoms with Crippen molar-refractivity contribution < 1.29 is 9.90 Å². The third kappa shape index (κ3) is 2.09. The zero-order chi connectivity index (χ0) is 14.1. The van der Waals surface area contributed by atoms with Gasteiger partial charge in [0.15, 0.2) is 5.69 Å². The van der Waals surface area contributed by atoms with Gasteiger partial charge in [-0.25, -0.2) is 0 Å². The summed E-state index contributed by atoms with van der Waals surface area (Å²) in [5.74, 6) is -0.109. The number of nitrogens with one attached hydrogen (secondary N) is 2. The molecule has 0 unspecified atom stereocenters. The van der Waals surface area contributed by atoms with Gasteiger partial charge in [-0.1, -0.05) is 18.2 Å². The summed E-state index contributed by atoms with van der Waals surface area (Å²) in [6.45, 7) is 1.82. The van der Waals surface area contributed by atoms with Gasteiger partial charge in [0.2, 0.25) is 0 Å². The number of H-pyrrole nitrogens is 1. The molecule has 3 N–H and O–H groups in total. The van der Waals surface area contributed by atoms with Gasteiger partial charge in [0.25, 0.3) is 5.91 Å². The number of hydrogen-bond acceptors (Lipinski definition) is 3. The Balaban J connectivity index is 1.93. The summed E-state index contributed by atoms with van der Waals surface area (Å²) in [6.07, 6.45) is 0. The van der Waals surface area contributed by atoms with Gasteiger partial charge >= 0.3 is 0 Å². The van der Waals surface area contributed by atoms with Crippen LogP contribution in [0.3, 0.4) is 0 Å². The van der Waals surface area contributed by atoms with Crippen LogP contribution in [0.15, 0.2) is 42.5 Å². The molecule has 1 heterocycles. The Morgan fingerprint density at radius 3 is 2.85 bits per heavy atom. The van der Waals surface area contributed by atoms with Crippen molar-refractivity contribution >= 4 is 22.5 Å². The van der Waals surface area contributed by atoms with E-state index in [2.05, 4.69) is 15.5 Å². The van der Waals surface area contributed by atoms with E-state index in [-0.39, 0.29) is 11.7 Å². The lowest BCUT2D eigenvalue weighted by atomic mass is 10.1. The molecule has 0 radical (unpaired) electrons. The second-order valence-electron chi connectivity index (χ2n) is 4.57. The number of aromatic nitrogens is 2. The van der Waals surface area contributed by atoms with Crippen LogP contribution in [0.4, 0.5) is 5.69 Å². The number of phenolic OH excluding ortho intramolecular Hbond substituents is 1. The molecule has 0 saturated carbocycles. The van der Waals surface area contributed by atoms with Crippen molar-refractivity contribution in [2.45, 2.75) is 6.92 Å². The molecule has 0 fully saturated rings. The van der Waals surface area contributed by atoms with Crippen molar-refractivity contribution in [2.75, 3.05) is 5.32 Å². The van der Waals surface area contributed by atoms with E-state index in [1.807, 2.05) is 31.2 Å². The molecule has 0 atom stereocenters. The topological polar surface area (TPSA) is 78.0 Å². The molecule has 1 aromatic heterocycles. The summed E-state index contributed by atoms with van der Waals surface area (Å²) in [6, 6.07) is 12.2. The summed E-state index contributed by atoms with van der Waals surface area (Å²) in [7, 11) is 0. The number of rotatable bonds is 2. The number of carbonyl (C=O) groups excluding carboxylic acids is 1. The standard InChI is InChI=1S/C15H13N3O2/c1-9-8-10(19)6-7-12(9)16-15(20)14-11-4-2-3-5-13(11)17-18-14/h2-8,19H,1H3,(H,16,20)(H,17,18). The quantitative estimate of drug-likeness (QED) is 0.625. The van der Waals surface area contributed by atoms with Crippen LogP contribution < -0.4 is 5.32 Å². The number of para-hydroxylation sites is 1. The molecule has 100 valence electrons. The summed E-state index contributed by atoms with van der Waals surface area (Å²) in [5, 5.41) is 19.8. The third-order valence-corrected chi connectivity index (χ3v) is 3.14. The molecule has 0 aliphatic rings. The lowest BCUT2D eigenvalue weighted by Gasteiger charge is -2.07. The van der Waals surface area contributed by atoms with Crippen LogP contribution >= 0.6 is 0 Å². The minimum Gasteiger partial charge on any atom is -0.508 e. The van der Waals surface area contributed by atoms with E-state index in [1.165, 1.54) is 6.07 Å². The van der Waals surface area contributed by atoms with Crippen molar-refractivity contribution in [3.05, 3.63) is 53.7 Å². The predicted molar refractivity (Wildman–Crippen MR) is 76.9 cm³/mol. The number of aromatic hydroxyl groups is 1. The minimum absolute atomic E-state index is 0.172. The molecule has 0 aliphatic carbocycles. The molecule has 5 heteroatoms. The number of carbonyl (C=O) groups is 1. The average Bonchev–Trinajstić information content (AvgIpc) is 2.86. The monoisotopic (exact) mass is 267 g/mol. The molecule has 20 heavy (non-hydrogen) atoms. The maximum atomic E-state index is 12.3. The molecule has 1 amide bonds. The molecule has 2 aromatic carbocycles. The second kappa shape index (κ2) is 4.70. The molecule has 0 bridgehead atoms. The first-order valence-electron chi connectivity index (χ1n) is 6.19. The maximum absolute atomic E-state index is 12.3. The fourth-order valence-corrected chi connectivity index (χ4v) is 2.11. The van der Waals surface area contributed by atoms with Crippen molar-refractivity contribution in [3.8, 4) is 5.75 Å². The molecular formula is C15H13N3O2. The van der Waals surface area contributed by atoms with Crippen LogP contribution in [-0.2, 0) is 0 Å². The van der Waals surface area contributed by atoms with Gasteiger partial charge in [0, 0.05) is 11.1 Å². The number of hydrogen-bond donors (Lipinski definition) is 3. The molecule has 3 rings (SSSR count). The Hall–Kier alpha value is -2.82. The van der Waals surface area contributed by atoms with Crippen LogP contribution in [0.5, 0.6) is 5.75 Å². The van der Waals surface area contributed by atoms with E-state index in [4.69, 9.17) is 0 Å². The van der Waals surface area contributed by atoms with Gasteiger partial charge < -0.3 is 10.4 Å². The summed E-state index contributed by atoms with van der Waals surface area (Å²) < 4.78 is 0. The lowest BCUT2D eigenvalue weighted by Crippen LogP contribution is -2.13. The molecule has 0 saturated heterocycles. The van der Waals surface area contributed by atoms with Crippen LogP contribution in [0.1, 0.15) is 16.1 Å². The van der Waals surface area contributed by atoms with E-state index in [9.17, 15) is 9.90 Å². The minimum atomic E-state index is -0.281. The number of aryl methyl sites for hydroxylation is 1. The van der Waals surface area contributed by atoms with Crippen molar-refractivity contribution in [2.24, 2.45) is 0 Å². The van der Waals surface area contributed by atoms with Crippen LogP contribution in [0.25, 0.3) is 10.9 Å². The fraction of sp³-hybridized carbons (Fsp3) is 0.0667. The number of amides is 1. The predicted octanol–water partition coefficient (Wildman–Crippen LogP) is 2.83. The van der Waals surface area contributed by atoms with Crippen LogP contribution in [0, 0.1) is 6.92 Å². The third-order valence-electron chi connectivity index (χ3n) is 3.14. The van der Waals surface area contributed by atoms with Gasteiger partial charge in [-0.3, -0.25) is 9.89 Å². The first kappa shape index (κ1) is 12.2. The summed E-state index contributed by atoms with van der Waals surface area (Å²) in [5.41, 5.74) is 2.62. The SMILES string of the molecule is Cc1cc(O)ccc1NC(=O)c1n[nH]c2ccccc12. The normalized spacial score (nSPS) is 10.7. The Labute approximate surface area is 115 Å². The van der Waals surface area contributed by atoms with Crippen molar-refractivity contribution in [3.63, 3.8) is 0 Å². The van der Waals surface area contributed by atoms with Crippen LogP contribution in [-0.4, -0.2) is 21.2 Å². The van der Waals surface area contributed by atoms with E-state index >= 15 is 0 Å². The molecule has 0 spiro atoms. The van der Waals surface area contributed by atoms with E-state index < -0.39 is 0 Å². The van der Waals surface area contributed by atoms with Gasteiger partial charge in [0.05, 0.1) is 5.52 Å². The van der Waals surface area contributed by atoms with E-state index in [0.717, 1.165) is 16.5 Å². The van der Waals surface area contributed by atoms with Gasteiger partial charge in [-0.05, 0) is 36.8 Å². The highest BCUT2D eigenvalue weighted by Crippen LogP contribution is 2.22.